The molecule has 0 saturated carbocycles. The van der Waals surface area contributed by atoms with E-state index in [1.54, 1.807) is 14.2 Å². The second-order valence-corrected chi connectivity index (χ2v) is 4.93. The van der Waals surface area contributed by atoms with Crippen molar-refractivity contribution in [2.75, 3.05) is 19.5 Å². The largest absolute Gasteiger partial charge is 0.493 e. The van der Waals surface area contributed by atoms with Crippen LogP contribution in [0, 0.1) is 0 Å². The van der Waals surface area contributed by atoms with Crippen LogP contribution >= 0.6 is 0 Å². The van der Waals surface area contributed by atoms with E-state index in [1.165, 1.54) is 0 Å². The number of H-pyrrole nitrogens is 1. The van der Waals surface area contributed by atoms with Crippen LogP contribution in [-0.2, 0) is 6.54 Å². The molecule has 118 valence electrons. The summed E-state index contributed by atoms with van der Waals surface area (Å²) < 4.78 is 10.5. The highest BCUT2D eigenvalue weighted by Crippen LogP contribution is 2.27. The van der Waals surface area contributed by atoms with Gasteiger partial charge in [-0.15, -0.1) is 10.2 Å². The van der Waals surface area contributed by atoms with Gasteiger partial charge >= 0.3 is 0 Å². The van der Waals surface area contributed by atoms with Crippen LogP contribution in [0.1, 0.15) is 5.56 Å². The molecule has 0 spiro atoms. The number of nitrogens with one attached hydrogen (secondary N) is 2. The fraction of sp³-hybridized carbons (Fsp3) is 0.176. The minimum absolute atomic E-state index is 0.601. The van der Waals surface area contributed by atoms with E-state index in [0.717, 1.165) is 17.0 Å². The summed E-state index contributed by atoms with van der Waals surface area (Å²) in [4.78, 5) is 3.16. The molecule has 0 atom stereocenters. The summed E-state index contributed by atoms with van der Waals surface area (Å²) in [6.45, 7) is 0.601. The van der Waals surface area contributed by atoms with Crippen LogP contribution in [-0.4, -0.2) is 29.4 Å². The standard InChI is InChI=1S/C17H18N4O2/c1-22-14-9-8-12(10-15(14)23-2)11-18-17-19-16(20-21-17)13-6-4-3-5-7-13/h3-10H,11H2,1-2H3,(H2,18,19,20,21). The lowest BCUT2D eigenvalue weighted by atomic mass is 10.2. The Balaban J connectivity index is 1.68. The zero-order valence-corrected chi connectivity index (χ0v) is 13.0. The van der Waals surface area contributed by atoms with Gasteiger partial charge in [0.15, 0.2) is 17.3 Å². The Hall–Kier alpha value is -3.02. The van der Waals surface area contributed by atoms with Gasteiger partial charge in [-0.3, -0.25) is 0 Å². The molecule has 0 aliphatic heterocycles. The summed E-state index contributed by atoms with van der Waals surface area (Å²) >= 11 is 0. The Kier molecular flexibility index (Phi) is 4.42. The average molecular weight is 310 g/mol. The maximum atomic E-state index is 5.30. The van der Waals surface area contributed by atoms with Crippen LogP contribution in [0.2, 0.25) is 0 Å². The molecule has 0 aliphatic carbocycles. The molecular formula is C17H18N4O2. The van der Waals surface area contributed by atoms with Crippen molar-refractivity contribution in [3.63, 3.8) is 0 Å². The molecule has 0 aliphatic rings. The van der Waals surface area contributed by atoms with E-state index >= 15 is 0 Å². The van der Waals surface area contributed by atoms with Crippen molar-refractivity contribution in [1.29, 1.82) is 0 Å². The van der Waals surface area contributed by atoms with Crippen molar-refractivity contribution in [3.8, 4) is 22.9 Å². The van der Waals surface area contributed by atoms with Gasteiger partial charge in [-0.1, -0.05) is 36.4 Å². The van der Waals surface area contributed by atoms with E-state index in [4.69, 9.17) is 9.47 Å². The molecule has 1 aromatic heterocycles. The monoisotopic (exact) mass is 310 g/mol. The molecule has 23 heavy (non-hydrogen) atoms. The van der Waals surface area contributed by atoms with E-state index < -0.39 is 0 Å². The quantitative estimate of drug-likeness (QED) is 0.732. The molecule has 2 N–H and O–H groups in total. The minimum Gasteiger partial charge on any atom is -0.493 e. The van der Waals surface area contributed by atoms with E-state index in [0.29, 0.717) is 24.0 Å². The van der Waals surface area contributed by atoms with Crippen LogP contribution < -0.4 is 14.8 Å². The predicted molar refractivity (Wildman–Crippen MR) is 88.7 cm³/mol. The van der Waals surface area contributed by atoms with E-state index in [2.05, 4.69) is 20.5 Å². The van der Waals surface area contributed by atoms with Crippen LogP contribution in [0.5, 0.6) is 11.5 Å². The van der Waals surface area contributed by atoms with Crippen molar-refractivity contribution in [1.82, 2.24) is 15.2 Å². The summed E-state index contributed by atoms with van der Waals surface area (Å²) in [5, 5.41) is 11.5. The van der Waals surface area contributed by atoms with Gasteiger partial charge in [0, 0.05) is 12.1 Å². The van der Waals surface area contributed by atoms with E-state index in [9.17, 15) is 0 Å². The second-order valence-electron chi connectivity index (χ2n) is 4.93. The molecule has 2 aromatic carbocycles. The lowest BCUT2D eigenvalue weighted by molar-refractivity contribution is 0.354. The van der Waals surface area contributed by atoms with E-state index in [1.807, 2.05) is 48.5 Å². The van der Waals surface area contributed by atoms with Gasteiger partial charge in [0.2, 0.25) is 5.95 Å². The molecule has 1 heterocycles. The Labute approximate surface area is 134 Å². The van der Waals surface area contributed by atoms with E-state index in [-0.39, 0.29) is 0 Å². The number of ether oxygens (including phenoxy) is 2. The van der Waals surface area contributed by atoms with Crippen LogP contribution in [0.3, 0.4) is 0 Å². The molecule has 0 fully saturated rings. The highest BCUT2D eigenvalue weighted by atomic mass is 16.5. The highest BCUT2D eigenvalue weighted by molar-refractivity contribution is 5.55. The van der Waals surface area contributed by atoms with Crippen LogP contribution in [0.4, 0.5) is 5.95 Å². The maximum Gasteiger partial charge on any atom is 0.222 e. The number of nitrogens with zero attached hydrogens (tertiary/aromatic N) is 2. The molecule has 0 unspecified atom stereocenters. The Morgan fingerprint density at radius 2 is 1.74 bits per heavy atom. The normalized spacial score (nSPS) is 10.3. The number of aromatic amines is 1. The molecule has 6 heteroatoms. The Bertz CT molecular complexity index is 771. The zero-order valence-electron chi connectivity index (χ0n) is 13.0. The number of aromatic nitrogens is 3. The number of methoxy groups -OCH3 is 2. The summed E-state index contributed by atoms with van der Waals surface area (Å²) in [5.74, 6) is 2.77. The minimum atomic E-state index is 0.601. The first-order valence-electron chi connectivity index (χ1n) is 7.23. The first kappa shape index (κ1) is 14.9. The van der Waals surface area contributed by atoms with Gasteiger partial charge in [0.1, 0.15) is 0 Å². The first-order chi connectivity index (χ1) is 11.3. The van der Waals surface area contributed by atoms with Crippen LogP contribution in [0.15, 0.2) is 48.5 Å². The van der Waals surface area contributed by atoms with Gasteiger partial charge in [-0.2, -0.15) is 0 Å². The summed E-state index contributed by atoms with van der Waals surface area (Å²) in [7, 11) is 3.24. The average Bonchev–Trinajstić information content (AvgIpc) is 3.09. The third kappa shape index (κ3) is 3.42. The van der Waals surface area contributed by atoms with Crippen molar-refractivity contribution >= 4 is 5.95 Å². The third-order valence-corrected chi connectivity index (χ3v) is 3.44. The summed E-state index contributed by atoms with van der Waals surface area (Å²) in [6.07, 6.45) is 0. The number of benzene rings is 2. The first-order valence-corrected chi connectivity index (χ1v) is 7.23. The van der Waals surface area contributed by atoms with Gasteiger partial charge in [0.25, 0.3) is 0 Å². The summed E-state index contributed by atoms with van der Waals surface area (Å²) in [6, 6.07) is 15.7. The van der Waals surface area contributed by atoms with Gasteiger partial charge in [-0.05, 0) is 17.7 Å². The van der Waals surface area contributed by atoms with Crippen molar-refractivity contribution in [3.05, 3.63) is 54.1 Å². The SMILES string of the molecule is COc1ccc(CNc2nnc(-c3ccccc3)[nH]2)cc1OC. The van der Waals surface area contributed by atoms with Gasteiger partial charge < -0.3 is 19.8 Å². The maximum absolute atomic E-state index is 5.30. The lowest BCUT2D eigenvalue weighted by Gasteiger charge is -2.09. The Morgan fingerprint density at radius 3 is 2.48 bits per heavy atom. The zero-order chi connectivity index (χ0) is 16.1. The Morgan fingerprint density at radius 1 is 0.957 bits per heavy atom. The van der Waals surface area contributed by atoms with Crippen molar-refractivity contribution < 1.29 is 9.47 Å². The molecule has 3 aromatic rings. The molecule has 3 rings (SSSR count). The molecule has 0 bridgehead atoms. The topological polar surface area (TPSA) is 72.1 Å². The number of rotatable bonds is 6. The van der Waals surface area contributed by atoms with Crippen molar-refractivity contribution in [2.24, 2.45) is 0 Å². The molecule has 0 saturated heterocycles. The van der Waals surface area contributed by atoms with Crippen molar-refractivity contribution in [2.45, 2.75) is 6.54 Å². The molecule has 0 amide bonds. The molecular weight excluding hydrogens is 292 g/mol. The smallest absolute Gasteiger partial charge is 0.222 e. The van der Waals surface area contributed by atoms with Gasteiger partial charge in [0.05, 0.1) is 14.2 Å². The number of hydrogen-bond donors (Lipinski definition) is 2. The predicted octanol–water partition coefficient (Wildman–Crippen LogP) is 3.10. The van der Waals surface area contributed by atoms with Crippen LogP contribution in [0.25, 0.3) is 11.4 Å². The van der Waals surface area contributed by atoms with Gasteiger partial charge in [-0.25, -0.2) is 0 Å². The lowest BCUT2D eigenvalue weighted by Crippen LogP contribution is -2.02. The molecule has 0 radical (unpaired) electrons. The third-order valence-electron chi connectivity index (χ3n) is 3.44. The highest BCUT2D eigenvalue weighted by Gasteiger charge is 2.07. The second kappa shape index (κ2) is 6.83. The molecule has 6 nitrogen and oxygen atoms in total. The number of hydrogen-bond acceptors (Lipinski definition) is 5. The fourth-order valence-corrected chi connectivity index (χ4v) is 2.24. The summed E-state index contributed by atoms with van der Waals surface area (Å²) in [5.41, 5.74) is 2.06. The fourth-order valence-electron chi connectivity index (χ4n) is 2.24. The number of anilines is 1.